The van der Waals surface area contributed by atoms with E-state index in [1.54, 1.807) is 16.5 Å². The molecule has 3 rings (SSSR count). The lowest BCUT2D eigenvalue weighted by atomic mass is 9.97. The maximum atomic E-state index is 12.7. The minimum absolute atomic E-state index is 0.0131. The lowest BCUT2D eigenvalue weighted by molar-refractivity contribution is -0.132. The van der Waals surface area contributed by atoms with E-state index in [9.17, 15) is 9.59 Å². The normalized spacial score (nSPS) is 17.4. The van der Waals surface area contributed by atoms with Crippen molar-refractivity contribution in [3.8, 4) is 5.69 Å². The average molecular weight is 342 g/mol. The van der Waals surface area contributed by atoms with E-state index >= 15 is 0 Å². The number of hydrogen-bond acceptors (Lipinski definition) is 5. The van der Waals surface area contributed by atoms with Crippen LogP contribution in [0, 0.1) is 5.92 Å². The first-order chi connectivity index (χ1) is 12.1. The highest BCUT2D eigenvalue weighted by molar-refractivity contribution is 5.95. The van der Waals surface area contributed by atoms with Crippen LogP contribution in [0.3, 0.4) is 0 Å². The molecule has 0 bridgehead atoms. The van der Waals surface area contributed by atoms with Gasteiger partial charge in [0.2, 0.25) is 11.8 Å². The summed E-state index contributed by atoms with van der Waals surface area (Å²) < 4.78 is 1.64. The van der Waals surface area contributed by atoms with Crippen molar-refractivity contribution in [3.63, 3.8) is 0 Å². The molecule has 0 aliphatic carbocycles. The van der Waals surface area contributed by atoms with Gasteiger partial charge in [-0.25, -0.2) is 0 Å². The fraction of sp³-hybridized carbons (Fsp3) is 0.471. The number of carbonyl (C=O) groups is 2. The number of aryl methyl sites for hydroxylation is 1. The zero-order chi connectivity index (χ0) is 17.8. The van der Waals surface area contributed by atoms with Crippen LogP contribution in [0.2, 0.25) is 0 Å². The fourth-order valence-corrected chi connectivity index (χ4v) is 3.09. The van der Waals surface area contributed by atoms with E-state index in [2.05, 4.69) is 20.8 Å². The van der Waals surface area contributed by atoms with E-state index in [-0.39, 0.29) is 17.7 Å². The lowest BCUT2D eigenvalue weighted by Gasteiger charge is -2.31. The van der Waals surface area contributed by atoms with Gasteiger partial charge in [-0.05, 0) is 35.4 Å². The topological polar surface area (TPSA) is 93.0 Å². The van der Waals surface area contributed by atoms with E-state index in [0.29, 0.717) is 18.7 Å². The summed E-state index contributed by atoms with van der Waals surface area (Å²) in [5, 5.41) is 14.7. The Kier molecular flexibility index (Phi) is 5.06. The molecule has 1 aliphatic rings. The molecule has 25 heavy (non-hydrogen) atoms. The predicted octanol–water partition coefficient (Wildman–Crippen LogP) is 1.42. The van der Waals surface area contributed by atoms with Crippen LogP contribution in [0.5, 0.6) is 0 Å². The van der Waals surface area contributed by atoms with Crippen LogP contribution in [0.25, 0.3) is 5.69 Å². The zero-order valence-corrected chi connectivity index (χ0v) is 14.5. The molecule has 2 aromatic rings. The van der Waals surface area contributed by atoms with Gasteiger partial charge >= 0.3 is 0 Å². The van der Waals surface area contributed by atoms with Crippen LogP contribution >= 0.6 is 0 Å². The lowest BCUT2D eigenvalue weighted by Crippen LogP contribution is -2.42. The molecule has 8 nitrogen and oxygen atoms in total. The van der Waals surface area contributed by atoms with Crippen molar-refractivity contribution >= 4 is 17.5 Å². The molecule has 1 saturated heterocycles. The van der Waals surface area contributed by atoms with E-state index in [1.807, 2.05) is 31.2 Å². The highest BCUT2D eigenvalue weighted by Gasteiger charge is 2.27. The van der Waals surface area contributed by atoms with E-state index in [0.717, 1.165) is 30.9 Å². The van der Waals surface area contributed by atoms with Crippen molar-refractivity contribution in [1.29, 1.82) is 0 Å². The number of nitrogens with one attached hydrogen (secondary N) is 1. The summed E-state index contributed by atoms with van der Waals surface area (Å²) in [6, 6.07) is 7.44. The van der Waals surface area contributed by atoms with E-state index in [1.165, 1.54) is 0 Å². The molecule has 1 fully saturated rings. The number of para-hydroxylation sites is 2. The Labute approximate surface area is 146 Å². The van der Waals surface area contributed by atoms with Gasteiger partial charge in [0.1, 0.15) is 0 Å². The quantitative estimate of drug-likeness (QED) is 0.907. The molecule has 1 aliphatic heterocycles. The van der Waals surface area contributed by atoms with Gasteiger partial charge in [-0.2, -0.15) is 4.68 Å². The van der Waals surface area contributed by atoms with Crippen LogP contribution in [-0.4, -0.2) is 50.0 Å². The van der Waals surface area contributed by atoms with Gasteiger partial charge in [-0.3, -0.25) is 9.59 Å². The van der Waals surface area contributed by atoms with Gasteiger partial charge in [0.25, 0.3) is 0 Å². The fourth-order valence-electron chi connectivity index (χ4n) is 3.09. The van der Waals surface area contributed by atoms with Crippen molar-refractivity contribution in [2.45, 2.75) is 33.1 Å². The summed E-state index contributed by atoms with van der Waals surface area (Å²) >= 11 is 0. The Morgan fingerprint density at radius 2 is 2.12 bits per heavy atom. The highest BCUT2D eigenvalue weighted by Crippen LogP contribution is 2.23. The number of aromatic nitrogens is 4. The second-order valence-electron chi connectivity index (χ2n) is 6.17. The van der Waals surface area contributed by atoms with Gasteiger partial charge in [-0.15, -0.1) is 5.10 Å². The highest BCUT2D eigenvalue weighted by atomic mass is 16.2. The number of tetrazole rings is 1. The molecular formula is C17H22N6O2. The molecule has 1 N–H and O–H groups in total. The van der Waals surface area contributed by atoms with Gasteiger partial charge in [0.15, 0.2) is 5.82 Å². The third kappa shape index (κ3) is 3.67. The van der Waals surface area contributed by atoms with Crippen molar-refractivity contribution in [1.82, 2.24) is 25.1 Å². The number of anilines is 1. The molecule has 0 spiro atoms. The molecule has 132 valence electrons. The number of amides is 2. The maximum absolute atomic E-state index is 12.7. The molecule has 2 amide bonds. The average Bonchev–Trinajstić information content (AvgIpc) is 3.10. The van der Waals surface area contributed by atoms with Crippen molar-refractivity contribution in [2.24, 2.45) is 5.92 Å². The van der Waals surface area contributed by atoms with Gasteiger partial charge in [0, 0.05) is 26.4 Å². The molecule has 1 unspecified atom stereocenters. The molecular weight excluding hydrogens is 320 g/mol. The summed E-state index contributed by atoms with van der Waals surface area (Å²) in [6.45, 7) is 4.70. The smallest absolute Gasteiger partial charge is 0.229 e. The summed E-state index contributed by atoms with van der Waals surface area (Å²) in [5.74, 6) is 0.455. The Hall–Kier alpha value is -2.77. The number of nitrogens with zero attached hydrogens (tertiary/aromatic N) is 5. The van der Waals surface area contributed by atoms with E-state index < -0.39 is 0 Å². The Balaban J connectivity index is 1.79. The zero-order valence-electron chi connectivity index (χ0n) is 14.5. The first-order valence-corrected chi connectivity index (χ1v) is 8.53. The number of piperidine rings is 1. The molecule has 2 heterocycles. The second-order valence-corrected chi connectivity index (χ2v) is 6.17. The number of hydrogen-bond donors (Lipinski definition) is 1. The Bertz CT molecular complexity index is 772. The van der Waals surface area contributed by atoms with Crippen LogP contribution in [-0.2, 0) is 16.0 Å². The molecule has 0 radical (unpaired) electrons. The predicted molar refractivity (Wildman–Crippen MR) is 92.1 cm³/mol. The number of carbonyl (C=O) groups excluding carboxylic acids is 2. The second kappa shape index (κ2) is 7.42. The standard InChI is InChI=1S/C17H22N6O2/c1-3-16-19-20-21-23(16)15-9-5-4-8-14(15)18-17(25)13-7-6-10-22(11-13)12(2)24/h4-5,8-9,13H,3,6-7,10-11H2,1-2H3,(H,18,25). The monoisotopic (exact) mass is 342 g/mol. The SMILES string of the molecule is CCc1nnnn1-c1ccccc1NC(=O)C1CCCN(C(C)=O)C1. The van der Waals surface area contributed by atoms with E-state index in [4.69, 9.17) is 0 Å². The van der Waals surface area contributed by atoms with Gasteiger partial charge < -0.3 is 10.2 Å². The summed E-state index contributed by atoms with van der Waals surface area (Å²) in [7, 11) is 0. The van der Waals surface area contributed by atoms with Crippen molar-refractivity contribution in [3.05, 3.63) is 30.1 Å². The maximum Gasteiger partial charge on any atom is 0.229 e. The van der Waals surface area contributed by atoms with Crippen LogP contribution in [0.4, 0.5) is 5.69 Å². The van der Waals surface area contributed by atoms with Crippen molar-refractivity contribution < 1.29 is 9.59 Å². The first-order valence-electron chi connectivity index (χ1n) is 8.53. The summed E-state index contributed by atoms with van der Waals surface area (Å²) in [5.41, 5.74) is 1.39. The third-order valence-electron chi connectivity index (χ3n) is 4.48. The largest absolute Gasteiger partial charge is 0.342 e. The minimum atomic E-state index is -0.203. The number of benzene rings is 1. The Morgan fingerprint density at radius 3 is 2.88 bits per heavy atom. The summed E-state index contributed by atoms with van der Waals surface area (Å²) in [6.07, 6.45) is 2.31. The number of rotatable bonds is 4. The molecule has 1 aromatic carbocycles. The van der Waals surface area contributed by atoms with Crippen LogP contribution in [0.15, 0.2) is 24.3 Å². The first kappa shape index (κ1) is 17.1. The van der Waals surface area contributed by atoms with Gasteiger partial charge in [0.05, 0.1) is 17.3 Å². The van der Waals surface area contributed by atoms with Crippen LogP contribution < -0.4 is 5.32 Å². The molecule has 1 atom stereocenters. The minimum Gasteiger partial charge on any atom is -0.342 e. The third-order valence-corrected chi connectivity index (χ3v) is 4.48. The summed E-state index contributed by atoms with van der Waals surface area (Å²) in [4.78, 5) is 26.0. The number of likely N-dealkylation sites (tertiary alicyclic amines) is 1. The molecule has 0 saturated carbocycles. The molecule has 8 heteroatoms. The van der Waals surface area contributed by atoms with Gasteiger partial charge in [-0.1, -0.05) is 19.1 Å². The van der Waals surface area contributed by atoms with Crippen molar-refractivity contribution in [2.75, 3.05) is 18.4 Å². The molecule has 1 aromatic heterocycles. The van der Waals surface area contributed by atoms with Crippen LogP contribution in [0.1, 0.15) is 32.5 Å². The Morgan fingerprint density at radius 1 is 1.32 bits per heavy atom.